The Labute approximate surface area is 212 Å². The topological polar surface area (TPSA) is 93.8 Å². The number of aromatic nitrogens is 4. The lowest BCUT2D eigenvalue weighted by atomic mass is 9.82. The SMILES string of the molecule is CC(C)Cn1cc(-c2cnn(C)c2)cc(N[C@H]2CC[C@@H](c3ccc(C(=O)NC4CC4)nc3)CC2)c1=O. The summed E-state index contributed by atoms with van der Waals surface area (Å²) in [6.45, 7) is 4.92. The zero-order valence-corrected chi connectivity index (χ0v) is 21.4. The van der Waals surface area contributed by atoms with Crippen molar-refractivity contribution in [3.05, 3.63) is 64.6 Å². The molecule has 0 atom stereocenters. The maximum absolute atomic E-state index is 13.2. The number of rotatable bonds is 8. The molecule has 3 heterocycles. The van der Waals surface area contributed by atoms with Crippen molar-refractivity contribution in [2.75, 3.05) is 5.32 Å². The Kier molecular flexibility index (Phi) is 6.94. The fraction of sp³-hybridized carbons (Fsp3) is 0.500. The maximum Gasteiger partial charge on any atom is 0.273 e. The van der Waals surface area contributed by atoms with Gasteiger partial charge >= 0.3 is 0 Å². The highest BCUT2D eigenvalue weighted by atomic mass is 16.2. The number of carbonyl (C=O) groups excluding carboxylic acids is 1. The van der Waals surface area contributed by atoms with Crippen molar-refractivity contribution >= 4 is 11.6 Å². The summed E-state index contributed by atoms with van der Waals surface area (Å²) in [5, 5.41) is 10.9. The summed E-state index contributed by atoms with van der Waals surface area (Å²) < 4.78 is 3.61. The molecule has 0 saturated heterocycles. The highest BCUT2D eigenvalue weighted by Gasteiger charge is 2.26. The van der Waals surface area contributed by atoms with Gasteiger partial charge in [0.05, 0.1) is 6.20 Å². The Balaban J connectivity index is 1.25. The fourth-order valence-corrected chi connectivity index (χ4v) is 5.06. The minimum Gasteiger partial charge on any atom is -0.378 e. The van der Waals surface area contributed by atoms with Crippen LogP contribution in [-0.4, -0.2) is 37.3 Å². The molecule has 0 spiro atoms. The highest BCUT2D eigenvalue weighted by molar-refractivity contribution is 5.92. The molecule has 2 saturated carbocycles. The Bertz CT molecular complexity index is 1260. The summed E-state index contributed by atoms with van der Waals surface area (Å²) in [5.41, 5.74) is 4.37. The van der Waals surface area contributed by atoms with E-state index in [1.165, 1.54) is 5.56 Å². The van der Waals surface area contributed by atoms with Gasteiger partial charge in [-0.25, -0.2) is 0 Å². The van der Waals surface area contributed by atoms with Gasteiger partial charge < -0.3 is 15.2 Å². The highest BCUT2D eigenvalue weighted by Crippen LogP contribution is 2.34. The standard InChI is InChI=1S/C28H36N6O2/c1-18(2)15-34-17-21(22-14-30-33(3)16-22)12-26(28(34)36)31-23-7-4-19(5-8-23)20-6-11-25(29-13-20)27(35)32-24-9-10-24/h6,11-14,16-19,23-24,31H,4-5,7-10,15H2,1-3H3,(H,32,35)/t19-,23+. The zero-order chi connectivity index (χ0) is 25.2. The molecule has 0 aliphatic heterocycles. The maximum atomic E-state index is 13.2. The van der Waals surface area contributed by atoms with E-state index < -0.39 is 0 Å². The second-order valence-electron chi connectivity index (χ2n) is 10.8. The molecule has 3 aromatic heterocycles. The third-order valence-corrected chi connectivity index (χ3v) is 7.18. The number of carbonyl (C=O) groups is 1. The van der Waals surface area contributed by atoms with Crippen molar-refractivity contribution in [1.82, 2.24) is 24.6 Å². The van der Waals surface area contributed by atoms with E-state index in [9.17, 15) is 9.59 Å². The van der Waals surface area contributed by atoms with E-state index in [1.54, 1.807) is 4.68 Å². The number of anilines is 1. The number of nitrogens with zero attached hydrogens (tertiary/aromatic N) is 4. The van der Waals surface area contributed by atoms with E-state index in [1.807, 2.05) is 48.5 Å². The predicted octanol–water partition coefficient (Wildman–Crippen LogP) is 4.33. The van der Waals surface area contributed by atoms with Crippen molar-refractivity contribution in [3.8, 4) is 11.1 Å². The van der Waals surface area contributed by atoms with Gasteiger partial charge in [0, 0.05) is 55.4 Å². The number of aryl methyl sites for hydroxylation is 1. The number of hydrogen-bond donors (Lipinski definition) is 2. The molecule has 0 bridgehead atoms. The van der Waals surface area contributed by atoms with Gasteiger partial charge in [0.25, 0.3) is 11.5 Å². The van der Waals surface area contributed by atoms with Crippen molar-refractivity contribution in [1.29, 1.82) is 0 Å². The van der Waals surface area contributed by atoms with E-state index in [4.69, 9.17) is 0 Å². The monoisotopic (exact) mass is 488 g/mol. The fourth-order valence-electron chi connectivity index (χ4n) is 5.06. The molecule has 1 amide bonds. The molecule has 8 nitrogen and oxygen atoms in total. The lowest BCUT2D eigenvalue weighted by Crippen LogP contribution is -2.31. The van der Waals surface area contributed by atoms with E-state index in [0.29, 0.717) is 35.8 Å². The second kappa shape index (κ2) is 10.3. The number of amides is 1. The van der Waals surface area contributed by atoms with Gasteiger partial charge in [-0.1, -0.05) is 19.9 Å². The van der Waals surface area contributed by atoms with Crippen molar-refractivity contribution < 1.29 is 4.79 Å². The molecule has 2 N–H and O–H groups in total. The molecular weight excluding hydrogens is 452 g/mol. The Morgan fingerprint density at radius 2 is 1.78 bits per heavy atom. The van der Waals surface area contributed by atoms with Crippen LogP contribution in [0.25, 0.3) is 11.1 Å². The molecule has 0 aromatic carbocycles. The first-order valence-corrected chi connectivity index (χ1v) is 13.1. The quantitative estimate of drug-likeness (QED) is 0.492. The van der Waals surface area contributed by atoms with Crippen molar-refractivity contribution in [2.24, 2.45) is 13.0 Å². The van der Waals surface area contributed by atoms with Gasteiger partial charge in [-0.3, -0.25) is 19.3 Å². The van der Waals surface area contributed by atoms with Crippen LogP contribution in [0.2, 0.25) is 0 Å². The summed E-state index contributed by atoms with van der Waals surface area (Å²) in [6, 6.07) is 6.45. The van der Waals surface area contributed by atoms with Crippen LogP contribution in [0.4, 0.5) is 5.69 Å². The van der Waals surface area contributed by atoms with Crippen LogP contribution in [0.3, 0.4) is 0 Å². The third kappa shape index (κ3) is 5.69. The van der Waals surface area contributed by atoms with Crippen LogP contribution in [0.15, 0.2) is 47.8 Å². The number of hydrogen-bond acceptors (Lipinski definition) is 5. The summed E-state index contributed by atoms with van der Waals surface area (Å²) in [6.07, 6.45) is 13.8. The van der Waals surface area contributed by atoms with E-state index >= 15 is 0 Å². The predicted molar refractivity (Wildman–Crippen MR) is 141 cm³/mol. The summed E-state index contributed by atoms with van der Waals surface area (Å²) >= 11 is 0. The molecule has 8 heteroatoms. The first kappa shape index (κ1) is 24.3. The summed E-state index contributed by atoms with van der Waals surface area (Å²) in [5.74, 6) is 0.721. The normalized spacial score (nSPS) is 19.9. The molecule has 0 radical (unpaired) electrons. The molecule has 5 rings (SSSR count). The average molecular weight is 489 g/mol. The van der Waals surface area contributed by atoms with Crippen LogP contribution in [0, 0.1) is 5.92 Å². The van der Waals surface area contributed by atoms with Crippen molar-refractivity contribution in [2.45, 2.75) is 76.9 Å². The van der Waals surface area contributed by atoms with Gasteiger partial charge in [-0.15, -0.1) is 0 Å². The van der Waals surface area contributed by atoms with E-state index in [0.717, 1.165) is 49.7 Å². The molecule has 2 fully saturated rings. The molecular formula is C28H36N6O2. The minimum absolute atomic E-state index is 0.0303. The first-order valence-electron chi connectivity index (χ1n) is 13.1. The third-order valence-electron chi connectivity index (χ3n) is 7.18. The Morgan fingerprint density at radius 1 is 1.03 bits per heavy atom. The van der Waals surface area contributed by atoms with Gasteiger partial charge in [0.15, 0.2) is 0 Å². The Hall–Kier alpha value is -3.42. The number of pyridine rings is 2. The average Bonchev–Trinajstić information content (AvgIpc) is 3.58. The summed E-state index contributed by atoms with van der Waals surface area (Å²) in [7, 11) is 1.90. The van der Waals surface area contributed by atoms with Crippen molar-refractivity contribution in [3.63, 3.8) is 0 Å². The lowest BCUT2D eigenvalue weighted by Gasteiger charge is -2.30. The van der Waals surface area contributed by atoms with E-state index in [2.05, 4.69) is 40.6 Å². The summed E-state index contributed by atoms with van der Waals surface area (Å²) in [4.78, 5) is 29.9. The van der Waals surface area contributed by atoms with Crippen LogP contribution in [0.5, 0.6) is 0 Å². The molecule has 0 unspecified atom stereocenters. The minimum atomic E-state index is -0.0754. The van der Waals surface area contributed by atoms with Crippen LogP contribution < -0.4 is 16.2 Å². The van der Waals surface area contributed by atoms with Gasteiger partial charge in [0.1, 0.15) is 11.4 Å². The Morgan fingerprint density at radius 3 is 2.39 bits per heavy atom. The van der Waals surface area contributed by atoms with Crippen LogP contribution in [-0.2, 0) is 13.6 Å². The van der Waals surface area contributed by atoms with Gasteiger partial charge in [-0.05, 0) is 68.1 Å². The molecule has 190 valence electrons. The van der Waals surface area contributed by atoms with E-state index in [-0.39, 0.29) is 17.5 Å². The zero-order valence-electron chi connectivity index (χ0n) is 21.4. The first-order chi connectivity index (χ1) is 17.4. The molecule has 2 aliphatic rings. The lowest BCUT2D eigenvalue weighted by molar-refractivity contribution is 0.0946. The second-order valence-corrected chi connectivity index (χ2v) is 10.8. The largest absolute Gasteiger partial charge is 0.378 e. The molecule has 3 aromatic rings. The number of nitrogens with one attached hydrogen (secondary N) is 2. The van der Waals surface area contributed by atoms with Crippen LogP contribution >= 0.6 is 0 Å². The molecule has 2 aliphatic carbocycles. The van der Waals surface area contributed by atoms with Crippen LogP contribution in [0.1, 0.15) is 74.3 Å². The molecule has 36 heavy (non-hydrogen) atoms. The van der Waals surface area contributed by atoms with Gasteiger partial charge in [-0.2, -0.15) is 5.10 Å². The van der Waals surface area contributed by atoms with Gasteiger partial charge in [0.2, 0.25) is 0 Å². The smallest absolute Gasteiger partial charge is 0.273 e.